The van der Waals surface area contributed by atoms with Gasteiger partial charge in [-0.3, -0.25) is 19.3 Å². The summed E-state index contributed by atoms with van der Waals surface area (Å²) in [6, 6.07) is 4.98. The number of rotatable bonds is 4. The number of thioether (sulfide) groups is 1. The van der Waals surface area contributed by atoms with Crippen LogP contribution in [-0.4, -0.2) is 33.6 Å². The average molecular weight is 521 g/mol. The quantitative estimate of drug-likeness (QED) is 0.377. The van der Waals surface area contributed by atoms with E-state index in [-0.39, 0.29) is 10.7 Å². The van der Waals surface area contributed by atoms with Gasteiger partial charge in [-0.15, -0.1) is 0 Å². The Morgan fingerprint density at radius 3 is 2.08 bits per heavy atom. The fraction of sp³-hybridized carbons (Fsp3) is 0.346. The molecule has 0 spiro atoms. The summed E-state index contributed by atoms with van der Waals surface area (Å²) in [6.07, 6.45) is 1.52. The first-order valence-corrected chi connectivity index (χ1v) is 11.9. The molecule has 2 N–H and O–H groups in total. The number of halogens is 3. The lowest BCUT2D eigenvalue weighted by molar-refractivity contribution is -0.127. The van der Waals surface area contributed by atoms with Crippen LogP contribution in [0.5, 0.6) is 5.75 Å². The number of phenolic OH excluding ortho intramolecular Hbond substituents is 1. The van der Waals surface area contributed by atoms with E-state index in [1.165, 1.54) is 6.08 Å². The molecule has 6 nitrogen and oxygen atoms in total. The Morgan fingerprint density at radius 1 is 1.00 bits per heavy atom. The van der Waals surface area contributed by atoms with Gasteiger partial charge >= 0.3 is 0 Å². The van der Waals surface area contributed by atoms with Crippen LogP contribution < -0.4 is 5.32 Å². The zero-order valence-corrected chi connectivity index (χ0v) is 21.6. The van der Waals surface area contributed by atoms with E-state index in [9.17, 15) is 32.7 Å². The predicted molar refractivity (Wildman–Crippen MR) is 133 cm³/mol. The fourth-order valence-corrected chi connectivity index (χ4v) is 4.47. The number of aromatic hydroxyl groups is 1. The number of hydrogen-bond donors (Lipinski definition) is 2. The molecule has 0 saturated carbocycles. The highest BCUT2D eigenvalue weighted by molar-refractivity contribution is 8.18. The number of hydrogen-bond acceptors (Lipinski definition) is 5. The number of imide groups is 1. The van der Waals surface area contributed by atoms with Gasteiger partial charge in [-0.05, 0) is 58.5 Å². The Kier molecular flexibility index (Phi) is 7.32. The summed E-state index contributed by atoms with van der Waals surface area (Å²) < 4.78 is 40.4. The molecule has 0 aliphatic carbocycles. The molecule has 2 aromatic rings. The van der Waals surface area contributed by atoms with Crippen molar-refractivity contribution in [2.24, 2.45) is 0 Å². The largest absolute Gasteiger partial charge is 0.507 e. The van der Waals surface area contributed by atoms with Crippen LogP contribution in [0.1, 0.15) is 58.2 Å². The van der Waals surface area contributed by atoms with Crippen molar-refractivity contribution in [1.29, 1.82) is 0 Å². The summed E-state index contributed by atoms with van der Waals surface area (Å²) in [5.41, 5.74) is 0.527. The van der Waals surface area contributed by atoms with E-state index in [0.717, 1.165) is 6.07 Å². The summed E-state index contributed by atoms with van der Waals surface area (Å²) >= 11 is 0.636. The first-order valence-electron chi connectivity index (χ1n) is 11.1. The molecule has 2 aromatic carbocycles. The molecule has 3 rings (SSSR count). The predicted octanol–water partition coefficient (Wildman–Crippen LogP) is 6.08. The van der Waals surface area contributed by atoms with Gasteiger partial charge in [-0.2, -0.15) is 0 Å². The minimum Gasteiger partial charge on any atom is -0.507 e. The van der Waals surface area contributed by atoms with Crippen LogP contribution in [0.4, 0.5) is 23.7 Å². The average Bonchev–Trinajstić information content (AvgIpc) is 3.01. The maximum absolute atomic E-state index is 13.8. The number of carbonyl (C=O) groups is 3. The monoisotopic (exact) mass is 520 g/mol. The van der Waals surface area contributed by atoms with E-state index in [1.807, 2.05) is 46.9 Å². The maximum atomic E-state index is 13.8. The molecular weight excluding hydrogens is 493 g/mol. The number of anilines is 1. The van der Waals surface area contributed by atoms with Crippen molar-refractivity contribution in [1.82, 2.24) is 4.90 Å². The molecule has 1 fully saturated rings. The minimum atomic E-state index is -1.75. The van der Waals surface area contributed by atoms with Crippen molar-refractivity contribution in [3.63, 3.8) is 0 Å². The second-order valence-corrected chi connectivity index (χ2v) is 11.5. The molecule has 0 bridgehead atoms. The van der Waals surface area contributed by atoms with Gasteiger partial charge < -0.3 is 10.4 Å². The molecule has 1 heterocycles. The zero-order valence-electron chi connectivity index (χ0n) is 20.8. The molecular formula is C26H27F3N2O4S. The topological polar surface area (TPSA) is 86.7 Å². The number of phenols is 1. The van der Waals surface area contributed by atoms with Gasteiger partial charge in [0.1, 0.15) is 12.3 Å². The van der Waals surface area contributed by atoms with Crippen molar-refractivity contribution in [2.45, 2.75) is 52.4 Å². The zero-order chi connectivity index (χ0) is 27.2. The van der Waals surface area contributed by atoms with Crippen LogP contribution in [0, 0.1) is 17.5 Å². The van der Waals surface area contributed by atoms with Crippen LogP contribution in [-0.2, 0) is 20.4 Å². The summed E-state index contributed by atoms with van der Waals surface area (Å²) in [7, 11) is 0. The Labute approximate surface area is 211 Å². The molecule has 1 saturated heterocycles. The van der Waals surface area contributed by atoms with Crippen LogP contribution in [0.25, 0.3) is 6.08 Å². The van der Waals surface area contributed by atoms with Gasteiger partial charge in [-0.25, -0.2) is 13.2 Å². The molecule has 1 aliphatic rings. The number of benzene rings is 2. The Bertz CT molecular complexity index is 1260. The van der Waals surface area contributed by atoms with Gasteiger partial charge in [-0.1, -0.05) is 41.5 Å². The van der Waals surface area contributed by atoms with Crippen molar-refractivity contribution in [3.05, 3.63) is 63.3 Å². The molecule has 0 radical (unpaired) electrons. The Balaban J connectivity index is 1.88. The molecule has 36 heavy (non-hydrogen) atoms. The molecule has 0 atom stereocenters. The third-order valence-electron chi connectivity index (χ3n) is 5.53. The molecule has 3 amide bonds. The number of nitrogens with one attached hydrogen (secondary N) is 1. The van der Waals surface area contributed by atoms with Gasteiger partial charge in [0.15, 0.2) is 17.5 Å². The van der Waals surface area contributed by atoms with E-state index in [2.05, 4.69) is 0 Å². The lowest BCUT2D eigenvalue weighted by atomic mass is 9.78. The van der Waals surface area contributed by atoms with Crippen LogP contribution in [0.2, 0.25) is 0 Å². The summed E-state index contributed by atoms with van der Waals surface area (Å²) in [5.74, 6) is -6.28. The number of carbonyl (C=O) groups excluding carboxylic acids is 3. The normalized spacial score (nSPS) is 15.7. The van der Waals surface area contributed by atoms with Crippen LogP contribution >= 0.6 is 11.8 Å². The van der Waals surface area contributed by atoms with E-state index in [4.69, 9.17) is 0 Å². The second kappa shape index (κ2) is 9.65. The highest BCUT2D eigenvalue weighted by Crippen LogP contribution is 2.41. The standard InChI is InChI=1S/C26H27F3N2O4S/c1-25(2,3)14-9-13(10-15(22(14)33)26(4,5)6)11-18-23(34)31(24(35)36-18)12-19(32)30-17-8-7-16(27)20(28)21(17)29/h7-11,33H,12H2,1-6H3,(H,30,32)/b18-11-. The summed E-state index contributed by atoms with van der Waals surface area (Å²) in [6.45, 7) is 10.9. The van der Waals surface area contributed by atoms with Gasteiger partial charge in [0.2, 0.25) is 5.91 Å². The highest BCUT2D eigenvalue weighted by Gasteiger charge is 2.37. The van der Waals surface area contributed by atoms with Gasteiger partial charge in [0.25, 0.3) is 11.1 Å². The van der Waals surface area contributed by atoms with Gasteiger partial charge in [0.05, 0.1) is 10.6 Å². The Hall–Kier alpha value is -3.27. The maximum Gasteiger partial charge on any atom is 0.294 e. The fourth-order valence-electron chi connectivity index (χ4n) is 3.63. The Morgan fingerprint density at radius 2 is 1.56 bits per heavy atom. The van der Waals surface area contributed by atoms with Crippen LogP contribution in [0.15, 0.2) is 29.2 Å². The molecule has 0 unspecified atom stereocenters. The van der Waals surface area contributed by atoms with Crippen molar-refractivity contribution in [3.8, 4) is 5.75 Å². The first kappa shape index (κ1) is 27.3. The van der Waals surface area contributed by atoms with E-state index < -0.39 is 57.6 Å². The van der Waals surface area contributed by atoms with Crippen molar-refractivity contribution >= 4 is 40.6 Å². The second-order valence-electron chi connectivity index (χ2n) is 10.5. The van der Waals surface area contributed by atoms with Crippen molar-refractivity contribution in [2.75, 3.05) is 11.9 Å². The molecule has 192 valence electrons. The van der Waals surface area contributed by atoms with E-state index >= 15 is 0 Å². The van der Waals surface area contributed by atoms with Gasteiger partial charge in [0, 0.05) is 11.1 Å². The minimum absolute atomic E-state index is 0.0669. The van der Waals surface area contributed by atoms with E-state index in [0.29, 0.717) is 39.4 Å². The summed E-state index contributed by atoms with van der Waals surface area (Å²) in [4.78, 5) is 38.4. The number of amides is 3. The third kappa shape index (κ3) is 5.59. The summed E-state index contributed by atoms with van der Waals surface area (Å²) in [5, 5.41) is 12.2. The molecule has 10 heteroatoms. The lowest BCUT2D eigenvalue weighted by Crippen LogP contribution is -2.36. The number of nitrogens with zero attached hydrogens (tertiary/aromatic N) is 1. The SMILES string of the molecule is CC(C)(C)c1cc(/C=C2\SC(=O)N(CC(=O)Nc3ccc(F)c(F)c3F)C2=O)cc(C(C)(C)C)c1O. The van der Waals surface area contributed by atoms with Crippen molar-refractivity contribution < 1.29 is 32.7 Å². The smallest absolute Gasteiger partial charge is 0.294 e. The highest BCUT2D eigenvalue weighted by atomic mass is 32.2. The molecule has 1 aliphatic heterocycles. The van der Waals surface area contributed by atoms with Crippen LogP contribution in [0.3, 0.4) is 0 Å². The lowest BCUT2D eigenvalue weighted by Gasteiger charge is -2.28. The third-order valence-corrected chi connectivity index (χ3v) is 6.44. The first-order chi connectivity index (χ1) is 16.5. The molecule has 0 aromatic heterocycles. The van der Waals surface area contributed by atoms with E-state index in [1.54, 1.807) is 12.1 Å².